The molecule has 0 aliphatic carbocycles. The second-order valence-electron chi connectivity index (χ2n) is 4.51. The van der Waals surface area contributed by atoms with Gasteiger partial charge in [-0.2, -0.15) is 0 Å². The Morgan fingerprint density at radius 1 is 1.29 bits per heavy atom. The van der Waals surface area contributed by atoms with Gasteiger partial charge in [-0.3, -0.25) is 0 Å². The molecule has 2 rings (SSSR count). The molecule has 2 N–H and O–H groups in total. The number of hydrogen-bond donors (Lipinski definition) is 2. The molecule has 94 valence electrons. The fourth-order valence-electron chi connectivity index (χ4n) is 2.14. The standard InChI is InChI=1S/C13H18Cl2N2/c14-11-5-4-10(13(15)7-11)8-16-9-12-3-1-2-6-17-12/h4-5,7,12,16-17H,1-3,6,8-9H2. The van der Waals surface area contributed by atoms with E-state index >= 15 is 0 Å². The van der Waals surface area contributed by atoms with Gasteiger partial charge in [-0.15, -0.1) is 0 Å². The van der Waals surface area contributed by atoms with Crippen LogP contribution in [0.15, 0.2) is 18.2 Å². The van der Waals surface area contributed by atoms with E-state index in [1.165, 1.54) is 19.3 Å². The first-order valence-corrected chi connectivity index (χ1v) is 6.89. The molecule has 1 aliphatic heterocycles. The van der Waals surface area contributed by atoms with Crippen molar-refractivity contribution in [3.63, 3.8) is 0 Å². The Hall–Kier alpha value is -0.280. The molecule has 0 spiro atoms. The van der Waals surface area contributed by atoms with Crippen molar-refractivity contribution in [2.24, 2.45) is 0 Å². The van der Waals surface area contributed by atoms with Crippen LogP contribution in [0, 0.1) is 0 Å². The van der Waals surface area contributed by atoms with Gasteiger partial charge in [-0.05, 0) is 37.1 Å². The lowest BCUT2D eigenvalue weighted by Gasteiger charge is -2.23. The maximum Gasteiger partial charge on any atom is 0.0465 e. The second kappa shape index (κ2) is 6.60. The van der Waals surface area contributed by atoms with Crippen LogP contribution in [0.25, 0.3) is 0 Å². The van der Waals surface area contributed by atoms with Crippen LogP contribution in [0.4, 0.5) is 0 Å². The molecule has 1 saturated heterocycles. The van der Waals surface area contributed by atoms with E-state index < -0.39 is 0 Å². The summed E-state index contributed by atoms with van der Waals surface area (Å²) in [6, 6.07) is 6.25. The van der Waals surface area contributed by atoms with E-state index in [-0.39, 0.29) is 0 Å². The van der Waals surface area contributed by atoms with Crippen LogP contribution in [-0.4, -0.2) is 19.1 Å². The Balaban J connectivity index is 1.77. The summed E-state index contributed by atoms with van der Waals surface area (Å²) >= 11 is 12.0. The molecular weight excluding hydrogens is 255 g/mol. The molecule has 1 aromatic rings. The van der Waals surface area contributed by atoms with E-state index in [9.17, 15) is 0 Å². The normalized spacial score (nSPS) is 20.5. The van der Waals surface area contributed by atoms with E-state index in [1.54, 1.807) is 6.07 Å². The van der Waals surface area contributed by atoms with Gasteiger partial charge in [0.15, 0.2) is 0 Å². The van der Waals surface area contributed by atoms with Gasteiger partial charge in [0.05, 0.1) is 0 Å². The summed E-state index contributed by atoms with van der Waals surface area (Å²) in [7, 11) is 0. The molecule has 17 heavy (non-hydrogen) atoms. The van der Waals surface area contributed by atoms with Gasteiger partial charge < -0.3 is 10.6 Å². The maximum atomic E-state index is 6.11. The maximum absolute atomic E-state index is 6.11. The number of halogens is 2. The highest BCUT2D eigenvalue weighted by molar-refractivity contribution is 6.35. The van der Waals surface area contributed by atoms with E-state index in [0.717, 1.165) is 30.2 Å². The minimum Gasteiger partial charge on any atom is -0.313 e. The zero-order valence-corrected chi connectivity index (χ0v) is 11.3. The van der Waals surface area contributed by atoms with Crippen molar-refractivity contribution in [1.82, 2.24) is 10.6 Å². The molecule has 1 fully saturated rings. The number of rotatable bonds is 4. The molecule has 0 amide bonds. The third-order valence-electron chi connectivity index (χ3n) is 3.13. The number of piperidine rings is 1. The van der Waals surface area contributed by atoms with Crippen molar-refractivity contribution in [2.45, 2.75) is 31.8 Å². The van der Waals surface area contributed by atoms with Crippen molar-refractivity contribution in [1.29, 1.82) is 0 Å². The molecule has 0 radical (unpaired) electrons. The third kappa shape index (κ3) is 4.14. The van der Waals surface area contributed by atoms with Crippen LogP contribution in [0.1, 0.15) is 24.8 Å². The highest BCUT2D eigenvalue weighted by Crippen LogP contribution is 2.20. The molecule has 0 bridgehead atoms. The highest BCUT2D eigenvalue weighted by Gasteiger charge is 2.11. The van der Waals surface area contributed by atoms with Gasteiger partial charge >= 0.3 is 0 Å². The lowest BCUT2D eigenvalue weighted by atomic mass is 10.1. The number of hydrogen-bond acceptors (Lipinski definition) is 2. The Morgan fingerprint density at radius 2 is 2.18 bits per heavy atom. The number of benzene rings is 1. The zero-order valence-electron chi connectivity index (χ0n) is 9.81. The largest absolute Gasteiger partial charge is 0.313 e. The molecule has 0 saturated carbocycles. The molecule has 1 atom stereocenters. The second-order valence-corrected chi connectivity index (χ2v) is 5.36. The first kappa shape index (κ1) is 13.2. The van der Waals surface area contributed by atoms with Crippen LogP contribution < -0.4 is 10.6 Å². The zero-order chi connectivity index (χ0) is 12.1. The molecule has 0 aromatic heterocycles. The summed E-state index contributed by atoms with van der Waals surface area (Å²) in [4.78, 5) is 0. The minimum absolute atomic E-state index is 0.606. The summed E-state index contributed by atoms with van der Waals surface area (Å²) in [5.41, 5.74) is 1.10. The Labute approximate surface area is 113 Å². The minimum atomic E-state index is 0.606. The Bertz CT molecular complexity index is 362. The predicted molar refractivity (Wildman–Crippen MR) is 73.8 cm³/mol. The summed E-state index contributed by atoms with van der Waals surface area (Å²) in [6.07, 6.45) is 3.90. The van der Waals surface area contributed by atoms with E-state index in [4.69, 9.17) is 23.2 Å². The first-order valence-electron chi connectivity index (χ1n) is 6.14. The summed E-state index contributed by atoms with van der Waals surface area (Å²) in [5.74, 6) is 0. The lowest BCUT2D eigenvalue weighted by Crippen LogP contribution is -2.41. The first-order chi connectivity index (χ1) is 8.25. The highest BCUT2D eigenvalue weighted by atomic mass is 35.5. The van der Waals surface area contributed by atoms with Crippen LogP contribution >= 0.6 is 23.2 Å². The van der Waals surface area contributed by atoms with E-state index in [0.29, 0.717) is 11.1 Å². The predicted octanol–water partition coefficient (Wildman–Crippen LogP) is 3.23. The molecule has 2 nitrogen and oxygen atoms in total. The fourth-order valence-corrected chi connectivity index (χ4v) is 2.62. The van der Waals surface area contributed by atoms with Gasteiger partial charge in [0.1, 0.15) is 0 Å². The van der Waals surface area contributed by atoms with Crippen molar-refractivity contribution >= 4 is 23.2 Å². The van der Waals surface area contributed by atoms with Crippen molar-refractivity contribution in [3.8, 4) is 0 Å². The smallest absolute Gasteiger partial charge is 0.0465 e. The topological polar surface area (TPSA) is 24.1 Å². The van der Waals surface area contributed by atoms with Crippen molar-refractivity contribution < 1.29 is 0 Å². The molecule has 1 aliphatic rings. The van der Waals surface area contributed by atoms with Crippen LogP contribution in [0.5, 0.6) is 0 Å². The average Bonchev–Trinajstić information content (AvgIpc) is 2.33. The summed E-state index contributed by atoms with van der Waals surface area (Å²) < 4.78 is 0. The quantitative estimate of drug-likeness (QED) is 0.880. The van der Waals surface area contributed by atoms with E-state index in [2.05, 4.69) is 10.6 Å². The average molecular weight is 273 g/mol. The molecular formula is C13H18Cl2N2. The molecule has 1 heterocycles. The van der Waals surface area contributed by atoms with Crippen molar-refractivity contribution in [3.05, 3.63) is 33.8 Å². The van der Waals surface area contributed by atoms with Crippen LogP contribution in [0.3, 0.4) is 0 Å². The van der Waals surface area contributed by atoms with Gasteiger partial charge in [-0.1, -0.05) is 35.7 Å². The van der Waals surface area contributed by atoms with Gasteiger partial charge in [-0.25, -0.2) is 0 Å². The number of nitrogens with one attached hydrogen (secondary N) is 2. The van der Waals surface area contributed by atoms with Crippen LogP contribution in [-0.2, 0) is 6.54 Å². The monoisotopic (exact) mass is 272 g/mol. The fraction of sp³-hybridized carbons (Fsp3) is 0.538. The van der Waals surface area contributed by atoms with Gasteiger partial charge in [0, 0.05) is 29.2 Å². The summed E-state index contributed by atoms with van der Waals surface area (Å²) in [5, 5.41) is 8.38. The van der Waals surface area contributed by atoms with Crippen LogP contribution in [0.2, 0.25) is 10.0 Å². The van der Waals surface area contributed by atoms with Gasteiger partial charge in [0.2, 0.25) is 0 Å². The van der Waals surface area contributed by atoms with E-state index in [1.807, 2.05) is 12.1 Å². The molecule has 1 aromatic carbocycles. The molecule has 1 unspecified atom stereocenters. The van der Waals surface area contributed by atoms with Gasteiger partial charge in [0.25, 0.3) is 0 Å². The lowest BCUT2D eigenvalue weighted by molar-refractivity contribution is 0.383. The third-order valence-corrected chi connectivity index (χ3v) is 3.72. The SMILES string of the molecule is Clc1ccc(CNCC2CCCCN2)c(Cl)c1. The Kier molecular flexibility index (Phi) is 5.11. The van der Waals surface area contributed by atoms with Crippen molar-refractivity contribution in [2.75, 3.05) is 13.1 Å². The molecule has 4 heteroatoms. The Morgan fingerprint density at radius 3 is 2.88 bits per heavy atom. The summed E-state index contributed by atoms with van der Waals surface area (Å²) in [6.45, 7) is 2.95.